The van der Waals surface area contributed by atoms with Gasteiger partial charge in [0, 0.05) is 33.2 Å². The molecule has 1 aromatic heterocycles. The standard InChI is InChI=1S/C13H15BrN2O/c14-8-3-4-11-9(6-8)10(7-16-11)13(17)12-2-1-5-15-12/h3-4,6-7,12-13,15-17H,1-2,5H2. The van der Waals surface area contributed by atoms with Gasteiger partial charge in [-0.1, -0.05) is 15.9 Å². The Hall–Kier alpha value is -0.840. The van der Waals surface area contributed by atoms with Crippen molar-refractivity contribution in [3.63, 3.8) is 0 Å². The van der Waals surface area contributed by atoms with E-state index in [0.29, 0.717) is 0 Å². The van der Waals surface area contributed by atoms with Crippen LogP contribution in [0.5, 0.6) is 0 Å². The van der Waals surface area contributed by atoms with Crippen LogP contribution in [0.2, 0.25) is 0 Å². The summed E-state index contributed by atoms with van der Waals surface area (Å²) < 4.78 is 1.04. The van der Waals surface area contributed by atoms with Crippen molar-refractivity contribution >= 4 is 26.8 Å². The smallest absolute Gasteiger partial charge is 0.0963 e. The van der Waals surface area contributed by atoms with Gasteiger partial charge in [-0.25, -0.2) is 0 Å². The molecular formula is C13H15BrN2O. The van der Waals surface area contributed by atoms with E-state index in [9.17, 15) is 5.11 Å². The van der Waals surface area contributed by atoms with Gasteiger partial charge in [0.05, 0.1) is 6.10 Å². The van der Waals surface area contributed by atoms with Gasteiger partial charge < -0.3 is 15.4 Å². The molecule has 3 rings (SSSR count). The summed E-state index contributed by atoms with van der Waals surface area (Å²) in [6.45, 7) is 1.01. The van der Waals surface area contributed by atoms with Crippen molar-refractivity contribution in [2.45, 2.75) is 25.0 Å². The summed E-state index contributed by atoms with van der Waals surface area (Å²) in [5.74, 6) is 0. The van der Waals surface area contributed by atoms with Crippen LogP contribution in [0.25, 0.3) is 10.9 Å². The summed E-state index contributed by atoms with van der Waals surface area (Å²) in [5.41, 5.74) is 2.06. The number of aliphatic hydroxyl groups is 1. The number of hydrogen-bond acceptors (Lipinski definition) is 2. The van der Waals surface area contributed by atoms with E-state index in [2.05, 4.69) is 32.3 Å². The number of benzene rings is 1. The van der Waals surface area contributed by atoms with Crippen LogP contribution in [-0.2, 0) is 0 Å². The van der Waals surface area contributed by atoms with Gasteiger partial charge in [0.1, 0.15) is 0 Å². The molecule has 2 atom stereocenters. The molecule has 3 N–H and O–H groups in total. The van der Waals surface area contributed by atoms with E-state index >= 15 is 0 Å². The minimum atomic E-state index is -0.430. The number of halogens is 1. The Labute approximate surface area is 108 Å². The SMILES string of the molecule is OC(c1c[nH]c2ccc(Br)cc12)C1CCCN1. The predicted molar refractivity (Wildman–Crippen MR) is 72.0 cm³/mol. The van der Waals surface area contributed by atoms with Gasteiger partial charge in [-0.2, -0.15) is 0 Å². The Morgan fingerprint density at radius 1 is 1.41 bits per heavy atom. The molecule has 2 unspecified atom stereocenters. The molecule has 2 heterocycles. The van der Waals surface area contributed by atoms with Gasteiger partial charge in [0.15, 0.2) is 0 Å². The zero-order valence-electron chi connectivity index (χ0n) is 9.41. The summed E-state index contributed by atoms with van der Waals surface area (Å²) in [4.78, 5) is 3.21. The Morgan fingerprint density at radius 3 is 3.06 bits per heavy atom. The maximum absolute atomic E-state index is 10.4. The minimum Gasteiger partial charge on any atom is -0.387 e. The number of rotatable bonds is 2. The first kappa shape index (κ1) is 11.3. The van der Waals surface area contributed by atoms with Gasteiger partial charge in [-0.05, 0) is 37.6 Å². The third kappa shape index (κ3) is 2.01. The molecule has 90 valence electrons. The Morgan fingerprint density at radius 2 is 2.29 bits per heavy atom. The number of nitrogens with one attached hydrogen (secondary N) is 2. The molecule has 0 radical (unpaired) electrons. The van der Waals surface area contributed by atoms with Crippen molar-refractivity contribution in [3.8, 4) is 0 Å². The quantitative estimate of drug-likeness (QED) is 0.798. The molecule has 17 heavy (non-hydrogen) atoms. The average Bonchev–Trinajstić information content (AvgIpc) is 2.97. The molecule has 2 aromatic rings. The Balaban J connectivity index is 2.01. The lowest BCUT2D eigenvalue weighted by atomic mass is 10.0. The van der Waals surface area contributed by atoms with Crippen LogP contribution in [0.4, 0.5) is 0 Å². The van der Waals surface area contributed by atoms with E-state index in [1.807, 2.05) is 18.3 Å². The number of aromatic nitrogens is 1. The molecule has 1 aromatic carbocycles. The zero-order chi connectivity index (χ0) is 11.8. The molecule has 4 heteroatoms. The molecule has 0 saturated carbocycles. The van der Waals surface area contributed by atoms with E-state index in [1.165, 1.54) is 0 Å². The van der Waals surface area contributed by atoms with Crippen LogP contribution in [-0.4, -0.2) is 22.7 Å². The molecule has 1 aliphatic heterocycles. The zero-order valence-corrected chi connectivity index (χ0v) is 11.0. The van der Waals surface area contributed by atoms with Crippen molar-refractivity contribution in [2.24, 2.45) is 0 Å². The second-order valence-electron chi connectivity index (χ2n) is 4.58. The maximum Gasteiger partial charge on any atom is 0.0963 e. The van der Waals surface area contributed by atoms with Gasteiger partial charge in [-0.3, -0.25) is 0 Å². The minimum absolute atomic E-state index is 0.188. The van der Waals surface area contributed by atoms with Gasteiger partial charge in [-0.15, -0.1) is 0 Å². The number of fused-ring (bicyclic) bond motifs is 1. The topological polar surface area (TPSA) is 48.0 Å². The molecule has 1 fully saturated rings. The summed E-state index contributed by atoms with van der Waals surface area (Å²) in [5, 5.41) is 14.8. The van der Waals surface area contributed by atoms with Crippen molar-refractivity contribution in [1.29, 1.82) is 0 Å². The Kier molecular flexibility index (Phi) is 2.94. The first-order chi connectivity index (χ1) is 8.25. The second kappa shape index (κ2) is 4.44. The van der Waals surface area contributed by atoms with Crippen molar-refractivity contribution in [1.82, 2.24) is 10.3 Å². The highest BCUT2D eigenvalue weighted by molar-refractivity contribution is 9.10. The number of aliphatic hydroxyl groups excluding tert-OH is 1. The third-order valence-corrected chi connectivity index (χ3v) is 3.97. The average molecular weight is 295 g/mol. The lowest BCUT2D eigenvalue weighted by molar-refractivity contribution is 0.139. The maximum atomic E-state index is 10.4. The number of H-pyrrole nitrogens is 1. The lowest BCUT2D eigenvalue weighted by Crippen LogP contribution is -2.28. The van der Waals surface area contributed by atoms with Crippen LogP contribution >= 0.6 is 15.9 Å². The van der Waals surface area contributed by atoms with Gasteiger partial charge in [0.2, 0.25) is 0 Å². The molecule has 0 amide bonds. The molecule has 1 aliphatic rings. The van der Waals surface area contributed by atoms with E-state index in [4.69, 9.17) is 0 Å². The van der Waals surface area contributed by atoms with Crippen LogP contribution in [0, 0.1) is 0 Å². The second-order valence-corrected chi connectivity index (χ2v) is 5.50. The lowest BCUT2D eigenvalue weighted by Gasteiger charge is -2.17. The van der Waals surface area contributed by atoms with Crippen molar-refractivity contribution < 1.29 is 5.11 Å². The first-order valence-electron chi connectivity index (χ1n) is 5.94. The summed E-state index contributed by atoms with van der Waals surface area (Å²) in [6, 6.07) is 6.27. The summed E-state index contributed by atoms with van der Waals surface area (Å²) in [7, 11) is 0. The fraction of sp³-hybridized carbons (Fsp3) is 0.385. The third-order valence-electron chi connectivity index (χ3n) is 3.47. The summed E-state index contributed by atoms with van der Waals surface area (Å²) >= 11 is 3.47. The fourth-order valence-electron chi connectivity index (χ4n) is 2.56. The first-order valence-corrected chi connectivity index (χ1v) is 6.73. The van der Waals surface area contributed by atoms with E-state index in [-0.39, 0.29) is 6.04 Å². The molecule has 0 bridgehead atoms. The fourth-order valence-corrected chi connectivity index (χ4v) is 2.92. The van der Waals surface area contributed by atoms with Gasteiger partial charge >= 0.3 is 0 Å². The molecule has 0 spiro atoms. The van der Waals surface area contributed by atoms with Crippen molar-refractivity contribution in [3.05, 3.63) is 34.4 Å². The normalized spacial score (nSPS) is 22.1. The Bertz CT molecular complexity index is 531. The van der Waals surface area contributed by atoms with E-state index in [1.54, 1.807) is 0 Å². The molecule has 0 aliphatic carbocycles. The van der Waals surface area contributed by atoms with Crippen molar-refractivity contribution in [2.75, 3.05) is 6.54 Å². The number of aromatic amines is 1. The summed E-state index contributed by atoms with van der Waals surface area (Å²) in [6.07, 6.45) is 3.68. The predicted octanol–water partition coefficient (Wildman–Crippen LogP) is 2.72. The monoisotopic (exact) mass is 294 g/mol. The molecule has 3 nitrogen and oxygen atoms in total. The molecular weight excluding hydrogens is 280 g/mol. The largest absolute Gasteiger partial charge is 0.387 e. The molecule has 1 saturated heterocycles. The van der Waals surface area contributed by atoms with E-state index in [0.717, 1.165) is 40.3 Å². The van der Waals surface area contributed by atoms with E-state index < -0.39 is 6.10 Å². The number of hydrogen-bond donors (Lipinski definition) is 3. The van der Waals surface area contributed by atoms with Crippen LogP contribution in [0.1, 0.15) is 24.5 Å². The van der Waals surface area contributed by atoms with Gasteiger partial charge in [0.25, 0.3) is 0 Å². The van der Waals surface area contributed by atoms with Crippen LogP contribution < -0.4 is 5.32 Å². The van der Waals surface area contributed by atoms with Crippen LogP contribution in [0.3, 0.4) is 0 Å². The highest BCUT2D eigenvalue weighted by Crippen LogP contribution is 2.30. The highest BCUT2D eigenvalue weighted by atomic mass is 79.9. The highest BCUT2D eigenvalue weighted by Gasteiger charge is 2.25. The van der Waals surface area contributed by atoms with Crippen LogP contribution in [0.15, 0.2) is 28.9 Å².